The van der Waals surface area contributed by atoms with Crippen LogP contribution in [0.4, 0.5) is 11.4 Å². The van der Waals surface area contributed by atoms with Gasteiger partial charge in [-0.15, -0.1) is 0 Å². The molecule has 0 radical (unpaired) electrons. The molecule has 6 atom stereocenters. The Kier molecular flexibility index (Phi) is 15.4. The minimum Gasteiger partial charge on any atom is -0.746 e. The van der Waals surface area contributed by atoms with E-state index < -0.39 is 65.2 Å². The molecule has 0 aliphatic heterocycles. The van der Waals surface area contributed by atoms with E-state index >= 15 is 0 Å². The van der Waals surface area contributed by atoms with E-state index in [0.717, 1.165) is 43.3 Å². The third-order valence-electron chi connectivity index (χ3n) is 5.25. The Morgan fingerprint density at radius 2 is 1.07 bits per heavy atom. The summed E-state index contributed by atoms with van der Waals surface area (Å²) in [5.74, 6) is 0. The first-order chi connectivity index (χ1) is 17.4. The number of hydrogen-bond acceptors (Lipinski definition) is 15. The molecule has 2 aromatic rings. The fourth-order valence-corrected chi connectivity index (χ4v) is 5.38. The van der Waals surface area contributed by atoms with Crippen LogP contribution in [0.25, 0.3) is 0 Å². The van der Waals surface area contributed by atoms with Crippen LogP contribution >= 0.6 is 0 Å². The first-order valence-electron chi connectivity index (χ1n) is 10.4. The number of aliphatic hydroxyl groups excluding tert-OH is 4. The fourth-order valence-electron chi connectivity index (χ4n) is 3.06. The number of nitrogens with one attached hydrogen (secondary N) is 2. The van der Waals surface area contributed by atoms with Gasteiger partial charge in [0.25, 0.3) is 0 Å². The Morgan fingerprint density at radius 1 is 0.675 bits per heavy atom. The molecule has 0 saturated heterocycles. The van der Waals surface area contributed by atoms with E-state index in [0.29, 0.717) is 0 Å². The van der Waals surface area contributed by atoms with Crippen LogP contribution in [0.15, 0.2) is 58.3 Å². The largest absolute Gasteiger partial charge is 1.00 e. The number of sulfone groups is 1. The summed E-state index contributed by atoms with van der Waals surface area (Å²) in [6.07, 6.45) is -9.65. The molecule has 15 nitrogen and oxygen atoms in total. The predicted molar refractivity (Wildman–Crippen MR) is 128 cm³/mol. The number of aldehydes is 1. The quantitative estimate of drug-likeness (QED) is 0.0673. The summed E-state index contributed by atoms with van der Waals surface area (Å²) >= 11 is 0. The van der Waals surface area contributed by atoms with Gasteiger partial charge in [0.2, 0.25) is 9.84 Å². The Balaban J connectivity index is 0.00000760. The summed E-state index contributed by atoms with van der Waals surface area (Å²) in [6, 6.07) is 8.88. The maximum absolute atomic E-state index is 12.9. The van der Waals surface area contributed by atoms with Gasteiger partial charge in [0.05, 0.1) is 9.79 Å². The Labute approximate surface area is 275 Å². The third kappa shape index (κ3) is 10.2. The zero-order valence-corrected chi connectivity index (χ0v) is 27.8. The van der Waals surface area contributed by atoms with Gasteiger partial charge in [0.1, 0.15) is 55.4 Å². The average Bonchev–Trinajstić information content (AvgIpc) is 2.84. The number of hydrogen-bond donors (Lipinski definition) is 6. The van der Waals surface area contributed by atoms with E-state index in [2.05, 4.69) is 10.6 Å². The standard InChI is InChI=1S/C20H26N2O13S3.2Na/c1-11(37(30,31)32)21-12-2-6-14(7-3-12)36(28,29)15-8-4-13(5-9-15)22-20(38(33,34)35)19(27)18(26)17(25)16(24)10-23;;/h2-11,16-22,24-27H,1H3,(H,30,31,32)(H,33,34,35);;/q;2*+1/p-2. The zero-order chi connectivity index (χ0) is 29.1. The fraction of sp³-hybridized carbons (Fsp3) is 0.350. The normalized spacial score (nSPS) is 16.6. The van der Waals surface area contributed by atoms with E-state index in [1.165, 1.54) is 12.1 Å². The van der Waals surface area contributed by atoms with Crippen molar-refractivity contribution < 1.29 is 119 Å². The van der Waals surface area contributed by atoms with Gasteiger partial charge in [-0.05, 0) is 55.5 Å². The van der Waals surface area contributed by atoms with Gasteiger partial charge in [-0.1, -0.05) is 0 Å². The molecule has 0 spiro atoms. The number of carbonyl (C=O) groups is 1. The van der Waals surface area contributed by atoms with Crippen LogP contribution in [-0.4, -0.2) is 96.2 Å². The van der Waals surface area contributed by atoms with Gasteiger partial charge in [-0.3, -0.25) is 0 Å². The van der Waals surface area contributed by atoms with Crippen LogP contribution in [0.3, 0.4) is 0 Å². The maximum Gasteiger partial charge on any atom is 1.00 e. The van der Waals surface area contributed by atoms with Crippen LogP contribution in [0, 0.1) is 0 Å². The van der Waals surface area contributed by atoms with Crippen LogP contribution < -0.4 is 69.7 Å². The monoisotopic (exact) mass is 642 g/mol. The molecular formula is C20H24N2Na2O13S3. The van der Waals surface area contributed by atoms with Gasteiger partial charge >= 0.3 is 59.1 Å². The van der Waals surface area contributed by atoms with Crippen LogP contribution in [0.1, 0.15) is 6.92 Å². The molecule has 2 aromatic carbocycles. The number of rotatable bonds is 13. The summed E-state index contributed by atoms with van der Waals surface area (Å²) in [6.45, 7) is 1.11. The van der Waals surface area contributed by atoms with Crippen molar-refractivity contribution in [3.8, 4) is 0 Å². The minimum absolute atomic E-state index is 0. The molecule has 0 aromatic heterocycles. The second-order valence-electron chi connectivity index (χ2n) is 7.99. The van der Waals surface area contributed by atoms with Crippen molar-refractivity contribution in [2.24, 2.45) is 0 Å². The van der Waals surface area contributed by atoms with Gasteiger partial charge in [0, 0.05) is 11.4 Å². The molecule has 0 aliphatic carbocycles. The molecule has 0 saturated carbocycles. The summed E-state index contributed by atoms with van der Waals surface area (Å²) in [7, 11) is -14.2. The third-order valence-corrected chi connectivity index (χ3v) is 9.04. The van der Waals surface area contributed by atoms with Gasteiger partial charge < -0.3 is 45.0 Å². The van der Waals surface area contributed by atoms with Crippen molar-refractivity contribution in [1.82, 2.24) is 0 Å². The summed E-state index contributed by atoms with van der Waals surface area (Å²) < 4.78 is 93.8. The molecule has 212 valence electrons. The molecule has 6 unspecified atom stereocenters. The average molecular weight is 643 g/mol. The molecular weight excluding hydrogens is 618 g/mol. The number of benzene rings is 2. The number of carbonyl (C=O) groups excluding carboxylic acids is 1. The molecule has 6 N–H and O–H groups in total. The second-order valence-corrected chi connectivity index (χ2v) is 13.1. The first kappa shape index (κ1) is 39.3. The van der Waals surface area contributed by atoms with Crippen LogP contribution in [0.5, 0.6) is 0 Å². The van der Waals surface area contributed by atoms with E-state index in [1.54, 1.807) is 0 Å². The van der Waals surface area contributed by atoms with Crippen molar-refractivity contribution in [2.45, 2.75) is 51.9 Å². The number of aliphatic hydroxyl groups is 4. The molecule has 40 heavy (non-hydrogen) atoms. The predicted octanol–water partition coefficient (Wildman–Crippen LogP) is -8.24. The summed E-state index contributed by atoms with van der Waals surface area (Å²) in [5, 5.41) is 39.5. The summed E-state index contributed by atoms with van der Waals surface area (Å²) in [4.78, 5) is 10.1. The van der Waals surface area contributed by atoms with E-state index in [4.69, 9.17) is 0 Å². The second kappa shape index (κ2) is 15.7. The van der Waals surface area contributed by atoms with E-state index in [1.807, 2.05) is 0 Å². The van der Waals surface area contributed by atoms with Gasteiger partial charge in [0.15, 0.2) is 6.29 Å². The van der Waals surface area contributed by atoms with Gasteiger partial charge in [-0.2, -0.15) is 0 Å². The molecule has 0 fully saturated rings. The minimum atomic E-state index is -5.41. The van der Waals surface area contributed by atoms with Crippen molar-refractivity contribution in [1.29, 1.82) is 0 Å². The molecule has 2 rings (SSSR count). The maximum atomic E-state index is 12.9. The topological polar surface area (TPSA) is 271 Å². The van der Waals surface area contributed by atoms with Crippen LogP contribution in [0.2, 0.25) is 0 Å². The number of anilines is 2. The smallest absolute Gasteiger partial charge is 0.746 e. The van der Waals surface area contributed by atoms with Crippen molar-refractivity contribution in [3.63, 3.8) is 0 Å². The molecule has 0 aliphatic rings. The van der Waals surface area contributed by atoms with Crippen molar-refractivity contribution in [3.05, 3.63) is 48.5 Å². The SMILES string of the molecule is CC(Nc1ccc(S(=O)(=O)c2ccc(NC(C(O)C(O)C(O)C(O)C=O)S(=O)(=O)[O-])cc2)cc1)S(=O)(=O)[O-].[Na+].[Na+]. The molecule has 20 heteroatoms. The Morgan fingerprint density at radius 3 is 1.43 bits per heavy atom. The summed E-state index contributed by atoms with van der Waals surface area (Å²) in [5.41, 5.74) is -0.0378. The first-order valence-corrected chi connectivity index (χ1v) is 14.9. The van der Waals surface area contributed by atoms with Crippen LogP contribution in [-0.2, 0) is 34.9 Å². The molecule has 0 bridgehead atoms. The van der Waals surface area contributed by atoms with E-state index in [9.17, 15) is 59.6 Å². The molecule has 0 heterocycles. The van der Waals surface area contributed by atoms with Crippen molar-refractivity contribution >= 4 is 47.7 Å². The molecule has 0 amide bonds. The zero-order valence-electron chi connectivity index (χ0n) is 21.3. The van der Waals surface area contributed by atoms with Gasteiger partial charge in [-0.25, -0.2) is 25.3 Å². The van der Waals surface area contributed by atoms with E-state index in [-0.39, 0.29) is 86.6 Å². The Hall–Kier alpha value is -0.680. The van der Waals surface area contributed by atoms with Crippen molar-refractivity contribution in [2.75, 3.05) is 10.6 Å². The Bertz CT molecular complexity index is 1440.